The molecule has 0 fully saturated rings. The van der Waals surface area contributed by atoms with Gasteiger partial charge in [0.05, 0.1) is 13.2 Å². The third-order valence-electron chi connectivity index (χ3n) is 3.14. The van der Waals surface area contributed by atoms with Gasteiger partial charge in [-0.1, -0.05) is 29.8 Å². The minimum Gasteiger partial charge on any atom is -0.496 e. The lowest BCUT2D eigenvalue weighted by molar-refractivity contribution is 0.263. The summed E-state index contributed by atoms with van der Waals surface area (Å²) in [4.78, 5) is 0. The Morgan fingerprint density at radius 1 is 1.19 bits per heavy atom. The normalized spacial score (nSPS) is 12.0. The van der Waals surface area contributed by atoms with E-state index < -0.39 is 0 Å². The average molecular weight is 307 g/mol. The first-order chi connectivity index (χ1) is 10.2. The molecule has 0 bridgehead atoms. The highest BCUT2D eigenvalue weighted by Gasteiger charge is 2.13. The maximum atomic E-state index is 6.03. The number of nitrogens with two attached hydrogens (primary N) is 1. The van der Waals surface area contributed by atoms with Gasteiger partial charge in [-0.05, 0) is 42.3 Å². The van der Waals surface area contributed by atoms with E-state index in [1.807, 2.05) is 42.5 Å². The molecule has 0 saturated heterocycles. The Labute approximate surface area is 129 Å². The Kier molecular flexibility index (Phi) is 5.87. The van der Waals surface area contributed by atoms with Gasteiger partial charge in [0.15, 0.2) is 0 Å². The van der Waals surface area contributed by atoms with Gasteiger partial charge in [-0.15, -0.1) is 0 Å². The van der Waals surface area contributed by atoms with E-state index >= 15 is 0 Å². The zero-order valence-corrected chi connectivity index (χ0v) is 12.6. The topological polar surface area (TPSA) is 56.5 Å². The molecule has 21 heavy (non-hydrogen) atoms. The standard InChI is InChI=1S/C16H19ClN2O2/c1-20-16-8-7-13(17)9-12(16)10-14(19-18)11-21-15-5-3-2-4-6-15/h2-9,14,19H,10-11,18H2,1H3. The molecule has 2 aromatic rings. The molecule has 0 aliphatic heterocycles. The number of benzene rings is 2. The van der Waals surface area contributed by atoms with Crippen molar-refractivity contribution in [2.24, 2.45) is 5.84 Å². The lowest BCUT2D eigenvalue weighted by Gasteiger charge is -2.18. The summed E-state index contributed by atoms with van der Waals surface area (Å²) in [5.41, 5.74) is 3.76. The second-order valence-electron chi connectivity index (χ2n) is 4.65. The summed E-state index contributed by atoms with van der Waals surface area (Å²) >= 11 is 6.03. The molecule has 3 N–H and O–H groups in total. The minimum absolute atomic E-state index is 0.0439. The van der Waals surface area contributed by atoms with E-state index in [4.69, 9.17) is 26.9 Å². The Bertz CT molecular complexity index is 563. The summed E-state index contributed by atoms with van der Waals surface area (Å²) in [5, 5.41) is 0.672. The molecule has 0 radical (unpaired) electrons. The maximum absolute atomic E-state index is 6.03. The molecule has 112 valence electrons. The van der Waals surface area contributed by atoms with Crippen LogP contribution in [-0.2, 0) is 6.42 Å². The molecule has 5 heteroatoms. The molecule has 1 unspecified atom stereocenters. The quantitative estimate of drug-likeness (QED) is 0.610. The molecule has 0 aliphatic carbocycles. The van der Waals surface area contributed by atoms with Crippen LogP contribution in [0.2, 0.25) is 5.02 Å². The first-order valence-electron chi connectivity index (χ1n) is 6.69. The van der Waals surface area contributed by atoms with Crippen LogP contribution in [0.4, 0.5) is 0 Å². The fraction of sp³-hybridized carbons (Fsp3) is 0.250. The fourth-order valence-electron chi connectivity index (χ4n) is 2.05. The van der Waals surface area contributed by atoms with E-state index in [1.54, 1.807) is 13.2 Å². The monoisotopic (exact) mass is 306 g/mol. The summed E-state index contributed by atoms with van der Waals surface area (Å²) < 4.78 is 11.1. The molecule has 0 saturated carbocycles. The molecule has 0 amide bonds. The molecule has 2 aromatic carbocycles. The van der Waals surface area contributed by atoms with Crippen molar-refractivity contribution in [3.63, 3.8) is 0 Å². The van der Waals surface area contributed by atoms with Crippen molar-refractivity contribution in [3.8, 4) is 11.5 Å². The highest BCUT2D eigenvalue weighted by molar-refractivity contribution is 6.30. The molecule has 0 aromatic heterocycles. The van der Waals surface area contributed by atoms with E-state index in [1.165, 1.54) is 0 Å². The van der Waals surface area contributed by atoms with Crippen LogP contribution in [0.5, 0.6) is 11.5 Å². The van der Waals surface area contributed by atoms with Crippen molar-refractivity contribution in [1.29, 1.82) is 0 Å². The third-order valence-corrected chi connectivity index (χ3v) is 3.37. The van der Waals surface area contributed by atoms with Gasteiger partial charge in [-0.3, -0.25) is 11.3 Å². The van der Waals surface area contributed by atoms with Crippen LogP contribution in [0.1, 0.15) is 5.56 Å². The van der Waals surface area contributed by atoms with Crippen LogP contribution in [0.3, 0.4) is 0 Å². The van der Waals surface area contributed by atoms with Crippen molar-refractivity contribution in [3.05, 3.63) is 59.1 Å². The number of hydrogen-bond donors (Lipinski definition) is 2. The third kappa shape index (κ3) is 4.63. The molecular weight excluding hydrogens is 288 g/mol. The van der Waals surface area contributed by atoms with Crippen molar-refractivity contribution < 1.29 is 9.47 Å². The van der Waals surface area contributed by atoms with E-state index in [0.717, 1.165) is 17.1 Å². The fourth-order valence-corrected chi connectivity index (χ4v) is 2.25. The van der Waals surface area contributed by atoms with E-state index in [9.17, 15) is 0 Å². The summed E-state index contributed by atoms with van der Waals surface area (Å²) in [6, 6.07) is 15.1. The van der Waals surface area contributed by atoms with Gasteiger partial charge >= 0.3 is 0 Å². The number of methoxy groups -OCH3 is 1. The Balaban J connectivity index is 2.00. The SMILES string of the molecule is COc1ccc(Cl)cc1CC(COc1ccccc1)NN. The van der Waals surface area contributed by atoms with Crippen molar-refractivity contribution in [2.75, 3.05) is 13.7 Å². The van der Waals surface area contributed by atoms with Crippen LogP contribution < -0.4 is 20.7 Å². The highest BCUT2D eigenvalue weighted by Crippen LogP contribution is 2.24. The Morgan fingerprint density at radius 2 is 1.95 bits per heavy atom. The zero-order chi connectivity index (χ0) is 15.1. The zero-order valence-electron chi connectivity index (χ0n) is 11.9. The van der Waals surface area contributed by atoms with Gasteiger partial charge in [-0.2, -0.15) is 0 Å². The first-order valence-corrected chi connectivity index (χ1v) is 7.07. The summed E-state index contributed by atoms with van der Waals surface area (Å²) in [5.74, 6) is 7.22. The number of ether oxygens (including phenoxy) is 2. The van der Waals surface area contributed by atoms with Gasteiger partial charge in [0.25, 0.3) is 0 Å². The van der Waals surface area contributed by atoms with Gasteiger partial charge in [0.2, 0.25) is 0 Å². The molecule has 2 rings (SSSR count). The lowest BCUT2D eigenvalue weighted by atomic mass is 10.1. The van der Waals surface area contributed by atoms with Crippen LogP contribution in [0.15, 0.2) is 48.5 Å². The first kappa shape index (κ1) is 15.6. The van der Waals surface area contributed by atoms with Crippen molar-refractivity contribution >= 4 is 11.6 Å². The summed E-state index contributed by atoms with van der Waals surface area (Å²) in [6.07, 6.45) is 0.660. The minimum atomic E-state index is -0.0439. The van der Waals surface area contributed by atoms with E-state index in [0.29, 0.717) is 18.1 Å². The van der Waals surface area contributed by atoms with Gasteiger partial charge in [0, 0.05) is 5.02 Å². The number of nitrogens with one attached hydrogen (secondary N) is 1. The summed E-state index contributed by atoms with van der Waals surface area (Å²) in [6.45, 7) is 0.455. The number of halogens is 1. The second kappa shape index (κ2) is 7.88. The molecule has 0 aliphatic rings. The largest absolute Gasteiger partial charge is 0.496 e. The predicted octanol–water partition coefficient (Wildman–Crippen LogP) is 2.80. The van der Waals surface area contributed by atoms with E-state index in [2.05, 4.69) is 5.43 Å². The molecule has 1 atom stereocenters. The van der Waals surface area contributed by atoms with Crippen LogP contribution in [0, 0.1) is 0 Å². The van der Waals surface area contributed by atoms with Crippen LogP contribution in [0.25, 0.3) is 0 Å². The van der Waals surface area contributed by atoms with Crippen LogP contribution >= 0.6 is 11.6 Å². The smallest absolute Gasteiger partial charge is 0.122 e. The summed E-state index contributed by atoms with van der Waals surface area (Å²) in [7, 11) is 1.64. The van der Waals surface area contributed by atoms with Gasteiger partial charge in [0.1, 0.15) is 18.1 Å². The Morgan fingerprint density at radius 3 is 2.62 bits per heavy atom. The number of para-hydroxylation sites is 1. The molecular formula is C16H19ClN2O2. The van der Waals surface area contributed by atoms with Gasteiger partial charge in [-0.25, -0.2) is 0 Å². The molecule has 0 heterocycles. The second-order valence-corrected chi connectivity index (χ2v) is 5.08. The van der Waals surface area contributed by atoms with Crippen molar-refractivity contribution in [2.45, 2.75) is 12.5 Å². The maximum Gasteiger partial charge on any atom is 0.122 e. The number of hydrogen-bond acceptors (Lipinski definition) is 4. The molecule has 0 spiro atoms. The Hall–Kier alpha value is -1.75. The lowest BCUT2D eigenvalue weighted by Crippen LogP contribution is -2.41. The number of rotatable bonds is 7. The number of hydrazine groups is 1. The highest BCUT2D eigenvalue weighted by atomic mass is 35.5. The van der Waals surface area contributed by atoms with Crippen LogP contribution in [-0.4, -0.2) is 19.8 Å². The predicted molar refractivity (Wildman–Crippen MR) is 84.8 cm³/mol. The van der Waals surface area contributed by atoms with Crippen molar-refractivity contribution in [1.82, 2.24) is 5.43 Å². The average Bonchev–Trinajstić information content (AvgIpc) is 2.52. The van der Waals surface area contributed by atoms with E-state index in [-0.39, 0.29) is 6.04 Å². The van der Waals surface area contributed by atoms with Gasteiger partial charge < -0.3 is 9.47 Å². The molecule has 4 nitrogen and oxygen atoms in total.